The van der Waals surface area contributed by atoms with Gasteiger partial charge in [-0.3, -0.25) is 15.2 Å². The van der Waals surface area contributed by atoms with Gasteiger partial charge in [-0.1, -0.05) is 30.3 Å². The summed E-state index contributed by atoms with van der Waals surface area (Å²) in [5.41, 5.74) is 1.84. The van der Waals surface area contributed by atoms with Crippen molar-refractivity contribution in [3.63, 3.8) is 0 Å². The maximum atomic E-state index is 12.1. The smallest absolute Gasteiger partial charge is 0.249 e. The van der Waals surface area contributed by atoms with E-state index >= 15 is 0 Å². The molecule has 0 saturated carbocycles. The second kappa shape index (κ2) is 8.15. The molecule has 26 heavy (non-hydrogen) atoms. The van der Waals surface area contributed by atoms with Crippen molar-refractivity contribution >= 4 is 11.9 Å². The lowest BCUT2D eigenvalue weighted by Gasteiger charge is -2.07. The highest BCUT2D eigenvalue weighted by molar-refractivity contribution is 5.89. The van der Waals surface area contributed by atoms with Crippen molar-refractivity contribution in [3.05, 3.63) is 54.1 Å². The van der Waals surface area contributed by atoms with Crippen molar-refractivity contribution in [2.45, 2.75) is 12.8 Å². The third-order valence-corrected chi connectivity index (χ3v) is 3.88. The van der Waals surface area contributed by atoms with E-state index in [1.807, 2.05) is 36.4 Å². The lowest BCUT2D eigenvalue weighted by molar-refractivity contribution is -0.116. The van der Waals surface area contributed by atoms with Gasteiger partial charge in [0.1, 0.15) is 11.5 Å². The zero-order valence-electron chi connectivity index (χ0n) is 14.7. The minimum Gasteiger partial charge on any atom is -0.497 e. The molecule has 0 spiro atoms. The number of nitrogens with zero attached hydrogens (tertiary/aromatic N) is 2. The van der Waals surface area contributed by atoms with E-state index in [1.165, 1.54) is 0 Å². The van der Waals surface area contributed by atoms with Crippen LogP contribution in [-0.4, -0.2) is 35.3 Å². The number of aromatic amines is 1. The molecule has 0 saturated heterocycles. The Hall–Kier alpha value is -3.35. The number of amides is 1. The number of anilines is 1. The van der Waals surface area contributed by atoms with Gasteiger partial charge < -0.3 is 9.47 Å². The van der Waals surface area contributed by atoms with Gasteiger partial charge in [0, 0.05) is 12.5 Å². The predicted molar refractivity (Wildman–Crippen MR) is 98.3 cm³/mol. The van der Waals surface area contributed by atoms with Crippen LogP contribution in [0.5, 0.6) is 11.5 Å². The number of benzene rings is 2. The summed E-state index contributed by atoms with van der Waals surface area (Å²) in [5.74, 6) is 1.88. The predicted octanol–water partition coefficient (Wildman–Crippen LogP) is 3.06. The number of aromatic nitrogens is 3. The van der Waals surface area contributed by atoms with Crippen LogP contribution in [-0.2, 0) is 11.2 Å². The molecule has 0 unspecified atom stereocenters. The van der Waals surface area contributed by atoms with Gasteiger partial charge in [0.15, 0.2) is 5.82 Å². The number of carbonyl (C=O) groups is 1. The van der Waals surface area contributed by atoms with Crippen molar-refractivity contribution in [1.29, 1.82) is 0 Å². The summed E-state index contributed by atoms with van der Waals surface area (Å²) in [4.78, 5) is 16.4. The molecule has 0 aliphatic rings. The second-order valence-corrected chi connectivity index (χ2v) is 5.61. The van der Waals surface area contributed by atoms with Gasteiger partial charge in [0.05, 0.1) is 19.8 Å². The Morgan fingerprint density at radius 3 is 2.65 bits per heavy atom. The molecule has 2 N–H and O–H groups in total. The van der Waals surface area contributed by atoms with E-state index in [1.54, 1.807) is 26.4 Å². The molecule has 0 aliphatic heterocycles. The van der Waals surface area contributed by atoms with Crippen molar-refractivity contribution < 1.29 is 14.3 Å². The molecular formula is C19H20N4O3. The van der Waals surface area contributed by atoms with Crippen LogP contribution in [0.2, 0.25) is 0 Å². The first-order valence-electron chi connectivity index (χ1n) is 8.18. The van der Waals surface area contributed by atoms with Crippen molar-refractivity contribution in [3.8, 4) is 22.9 Å². The van der Waals surface area contributed by atoms with Crippen LogP contribution in [0.25, 0.3) is 11.4 Å². The number of H-pyrrole nitrogens is 1. The normalized spacial score (nSPS) is 10.4. The van der Waals surface area contributed by atoms with Gasteiger partial charge in [0.25, 0.3) is 0 Å². The van der Waals surface area contributed by atoms with Gasteiger partial charge in [-0.15, -0.1) is 5.10 Å². The zero-order chi connectivity index (χ0) is 18.4. The number of carbonyl (C=O) groups excluding carboxylic acids is 1. The van der Waals surface area contributed by atoms with Crippen LogP contribution in [0.1, 0.15) is 12.0 Å². The maximum Gasteiger partial charge on any atom is 0.249 e. The van der Waals surface area contributed by atoms with Crippen LogP contribution < -0.4 is 14.8 Å². The first-order valence-corrected chi connectivity index (χ1v) is 8.18. The number of aryl methyl sites for hydroxylation is 1. The minimum absolute atomic E-state index is 0.138. The summed E-state index contributed by atoms with van der Waals surface area (Å²) in [7, 11) is 3.16. The fourth-order valence-electron chi connectivity index (χ4n) is 2.52. The number of hydrogen-bond acceptors (Lipinski definition) is 5. The molecule has 1 aromatic heterocycles. The molecule has 0 bridgehead atoms. The Morgan fingerprint density at radius 1 is 1.12 bits per heavy atom. The summed E-state index contributed by atoms with van der Waals surface area (Å²) in [5, 5.41) is 9.57. The summed E-state index contributed by atoms with van der Waals surface area (Å²) >= 11 is 0. The highest BCUT2D eigenvalue weighted by Crippen LogP contribution is 2.31. The summed E-state index contributed by atoms with van der Waals surface area (Å²) in [6.45, 7) is 0. The first kappa shape index (κ1) is 17.5. The molecule has 1 heterocycles. The number of methoxy groups -OCH3 is 2. The Labute approximate surface area is 151 Å². The average Bonchev–Trinajstić information content (AvgIpc) is 3.14. The molecule has 2 aromatic carbocycles. The Balaban J connectivity index is 1.65. The molecule has 1 amide bonds. The molecule has 7 nitrogen and oxygen atoms in total. The van der Waals surface area contributed by atoms with Gasteiger partial charge in [-0.2, -0.15) is 4.98 Å². The SMILES string of the molecule is COc1ccc(-c2nc(NC(=O)CCc3ccccc3)n[nH]2)c(OC)c1. The Bertz CT molecular complexity index is 878. The molecule has 0 fully saturated rings. The van der Waals surface area contributed by atoms with Gasteiger partial charge >= 0.3 is 0 Å². The lowest BCUT2D eigenvalue weighted by Crippen LogP contribution is -2.13. The van der Waals surface area contributed by atoms with Gasteiger partial charge in [-0.25, -0.2) is 0 Å². The van der Waals surface area contributed by atoms with Crippen LogP contribution in [0.15, 0.2) is 48.5 Å². The quantitative estimate of drug-likeness (QED) is 0.682. The first-order chi connectivity index (χ1) is 12.7. The largest absolute Gasteiger partial charge is 0.497 e. The number of ether oxygens (including phenoxy) is 2. The molecule has 3 rings (SSSR count). The standard InChI is InChI=1S/C19H20N4O3/c1-25-14-9-10-15(16(12-14)26-2)18-21-19(23-22-18)20-17(24)11-8-13-6-4-3-5-7-13/h3-7,9-10,12H,8,11H2,1-2H3,(H2,20,21,22,23,24). The number of hydrogen-bond donors (Lipinski definition) is 2. The topological polar surface area (TPSA) is 89.1 Å². The van der Waals surface area contributed by atoms with E-state index in [0.29, 0.717) is 30.2 Å². The molecule has 134 valence electrons. The Morgan fingerprint density at radius 2 is 1.92 bits per heavy atom. The fourth-order valence-corrected chi connectivity index (χ4v) is 2.52. The molecular weight excluding hydrogens is 332 g/mol. The second-order valence-electron chi connectivity index (χ2n) is 5.61. The van der Waals surface area contributed by atoms with Crippen LogP contribution in [0, 0.1) is 0 Å². The monoisotopic (exact) mass is 352 g/mol. The average molecular weight is 352 g/mol. The Kier molecular flexibility index (Phi) is 5.48. The van der Waals surface area contributed by atoms with Crippen LogP contribution in [0.4, 0.5) is 5.95 Å². The van der Waals surface area contributed by atoms with E-state index < -0.39 is 0 Å². The maximum absolute atomic E-state index is 12.1. The van der Waals surface area contributed by atoms with E-state index in [0.717, 1.165) is 11.1 Å². The van der Waals surface area contributed by atoms with E-state index in [-0.39, 0.29) is 11.9 Å². The number of rotatable bonds is 7. The minimum atomic E-state index is -0.138. The molecule has 7 heteroatoms. The lowest BCUT2D eigenvalue weighted by atomic mass is 10.1. The summed E-state index contributed by atoms with van der Waals surface area (Å²) in [6.07, 6.45) is 1.02. The molecule has 0 aliphatic carbocycles. The molecule has 0 radical (unpaired) electrons. The third kappa shape index (κ3) is 4.18. The third-order valence-electron chi connectivity index (χ3n) is 3.88. The van der Waals surface area contributed by atoms with E-state index in [9.17, 15) is 4.79 Å². The van der Waals surface area contributed by atoms with Crippen LogP contribution in [0.3, 0.4) is 0 Å². The number of nitrogens with one attached hydrogen (secondary N) is 2. The van der Waals surface area contributed by atoms with Crippen molar-refractivity contribution in [1.82, 2.24) is 15.2 Å². The summed E-state index contributed by atoms with van der Waals surface area (Å²) in [6, 6.07) is 15.2. The van der Waals surface area contributed by atoms with Crippen molar-refractivity contribution in [2.75, 3.05) is 19.5 Å². The van der Waals surface area contributed by atoms with Crippen molar-refractivity contribution in [2.24, 2.45) is 0 Å². The van der Waals surface area contributed by atoms with E-state index in [2.05, 4.69) is 20.5 Å². The molecule has 3 aromatic rings. The van der Waals surface area contributed by atoms with Gasteiger partial charge in [-0.05, 0) is 24.1 Å². The molecule has 0 atom stereocenters. The summed E-state index contributed by atoms with van der Waals surface area (Å²) < 4.78 is 10.6. The van der Waals surface area contributed by atoms with E-state index in [4.69, 9.17) is 9.47 Å². The fraction of sp³-hybridized carbons (Fsp3) is 0.211. The van der Waals surface area contributed by atoms with Gasteiger partial charge in [0.2, 0.25) is 11.9 Å². The zero-order valence-corrected chi connectivity index (χ0v) is 14.7. The highest BCUT2D eigenvalue weighted by Gasteiger charge is 2.13. The highest BCUT2D eigenvalue weighted by atomic mass is 16.5. The van der Waals surface area contributed by atoms with Crippen LogP contribution >= 0.6 is 0 Å².